The number of nitro benzene ring substituents is 1. The van der Waals surface area contributed by atoms with Crippen LogP contribution in [0.3, 0.4) is 0 Å². The van der Waals surface area contributed by atoms with E-state index in [2.05, 4.69) is 9.97 Å². The SMILES string of the molecule is CCOC(=O)c1sc2nc(/C(Cl)=C/c3ccc(C)c([N+](=O)[O-])c3)[nH]c(=O)c2c1C. The van der Waals surface area contributed by atoms with E-state index in [-0.39, 0.29) is 23.2 Å². The Kier molecular flexibility index (Phi) is 5.81. The first-order chi connectivity index (χ1) is 13.7. The van der Waals surface area contributed by atoms with Gasteiger partial charge in [-0.2, -0.15) is 0 Å². The highest BCUT2D eigenvalue weighted by atomic mass is 35.5. The molecular formula is C19H16ClN3O5S. The number of aromatic nitrogens is 2. The first kappa shape index (κ1) is 20.7. The maximum absolute atomic E-state index is 12.5. The van der Waals surface area contributed by atoms with Gasteiger partial charge in [0.15, 0.2) is 5.82 Å². The van der Waals surface area contributed by atoms with Crippen molar-refractivity contribution in [2.75, 3.05) is 6.61 Å². The fourth-order valence-corrected chi connectivity index (χ4v) is 4.07. The summed E-state index contributed by atoms with van der Waals surface area (Å²) < 4.78 is 5.01. The number of halogens is 1. The second-order valence-electron chi connectivity index (χ2n) is 6.17. The molecule has 10 heteroatoms. The van der Waals surface area contributed by atoms with Gasteiger partial charge in [-0.25, -0.2) is 9.78 Å². The van der Waals surface area contributed by atoms with Crippen molar-refractivity contribution in [2.24, 2.45) is 0 Å². The molecule has 0 spiro atoms. The zero-order chi connectivity index (χ0) is 21.3. The summed E-state index contributed by atoms with van der Waals surface area (Å²) in [5, 5.41) is 11.5. The lowest BCUT2D eigenvalue weighted by Gasteiger charge is -2.02. The fraction of sp³-hybridized carbons (Fsp3) is 0.211. The van der Waals surface area contributed by atoms with Gasteiger partial charge in [0.25, 0.3) is 11.2 Å². The van der Waals surface area contributed by atoms with Crippen molar-refractivity contribution < 1.29 is 14.5 Å². The predicted octanol–water partition coefficient (Wildman–Crippen LogP) is 4.42. The van der Waals surface area contributed by atoms with Crippen LogP contribution in [0.15, 0.2) is 23.0 Å². The van der Waals surface area contributed by atoms with Gasteiger partial charge >= 0.3 is 5.97 Å². The standard InChI is InChI=1S/C19H16ClN3O5S/c1-4-28-19(25)15-10(3)14-17(24)21-16(22-18(14)29-15)12(20)7-11-6-5-9(2)13(8-11)23(26)27/h5-8H,4H2,1-3H3,(H,21,22,24)/b12-7-. The maximum Gasteiger partial charge on any atom is 0.348 e. The summed E-state index contributed by atoms with van der Waals surface area (Å²) >= 11 is 7.37. The second-order valence-corrected chi connectivity index (χ2v) is 7.57. The molecule has 0 saturated carbocycles. The van der Waals surface area contributed by atoms with Gasteiger partial charge in [-0.15, -0.1) is 11.3 Å². The minimum absolute atomic E-state index is 0.0342. The third-order valence-electron chi connectivity index (χ3n) is 4.21. The number of esters is 1. The third kappa shape index (κ3) is 4.06. The molecule has 0 amide bonds. The number of aromatic amines is 1. The van der Waals surface area contributed by atoms with Crippen LogP contribution >= 0.6 is 22.9 Å². The summed E-state index contributed by atoms with van der Waals surface area (Å²) in [6.45, 7) is 5.22. The van der Waals surface area contributed by atoms with Gasteiger partial charge in [0.05, 0.1) is 21.9 Å². The van der Waals surface area contributed by atoms with Crippen LogP contribution in [-0.4, -0.2) is 27.5 Å². The van der Waals surface area contributed by atoms with E-state index in [1.54, 1.807) is 32.9 Å². The number of carbonyl (C=O) groups is 1. The number of hydrogen-bond acceptors (Lipinski definition) is 7. The van der Waals surface area contributed by atoms with Crippen LogP contribution in [0.25, 0.3) is 21.3 Å². The Labute approximate surface area is 174 Å². The number of hydrogen-bond donors (Lipinski definition) is 1. The number of rotatable bonds is 5. The van der Waals surface area contributed by atoms with Gasteiger partial charge in [0.2, 0.25) is 0 Å². The molecule has 0 aliphatic carbocycles. The summed E-state index contributed by atoms with van der Waals surface area (Å²) in [4.78, 5) is 42.9. The lowest BCUT2D eigenvalue weighted by Crippen LogP contribution is -2.11. The molecule has 3 rings (SSSR count). The van der Waals surface area contributed by atoms with Gasteiger partial charge in [0.1, 0.15) is 9.71 Å². The van der Waals surface area contributed by atoms with Crippen LogP contribution in [0.1, 0.15) is 39.1 Å². The van der Waals surface area contributed by atoms with Crippen LogP contribution < -0.4 is 5.56 Å². The third-order valence-corrected chi connectivity index (χ3v) is 5.66. The smallest absolute Gasteiger partial charge is 0.348 e. The zero-order valence-corrected chi connectivity index (χ0v) is 17.3. The van der Waals surface area contributed by atoms with Crippen LogP contribution in [0.5, 0.6) is 0 Å². The summed E-state index contributed by atoms with van der Waals surface area (Å²) in [7, 11) is 0. The molecule has 1 aromatic carbocycles. The average molecular weight is 434 g/mol. The molecule has 0 saturated heterocycles. The number of thiophene rings is 1. The van der Waals surface area contributed by atoms with Crippen LogP contribution in [-0.2, 0) is 4.74 Å². The molecule has 0 bridgehead atoms. The lowest BCUT2D eigenvalue weighted by atomic mass is 10.1. The van der Waals surface area contributed by atoms with Crippen molar-refractivity contribution in [2.45, 2.75) is 20.8 Å². The summed E-state index contributed by atoms with van der Waals surface area (Å²) in [6, 6.07) is 4.68. The van der Waals surface area contributed by atoms with E-state index in [4.69, 9.17) is 16.3 Å². The number of aryl methyl sites for hydroxylation is 2. The first-order valence-corrected chi connectivity index (χ1v) is 9.75. The minimum atomic E-state index is -0.512. The number of nitrogens with zero attached hydrogens (tertiary/aromatic N) is 2. The van der Waals surface area contributed by atoms with Crippen molar-refractivity contribution in [1.82, 2.24) is 9.97 Å². The average Bonchev–Trinajstić information content (AvgIpc) is 3.00. The molecule has 2 aromatic heterocycles. The largest absolute Gasteiger partial charge is 0.462 e. The normalized spacial score (nSPS) is 11.7. The molecule has 29 heavy (non-hydrogen) atoms. The van der Waals surface area contributed by atoms with E-state index in [1.807, 2.05) is 0 Å². The Balaban J connectivity index is 2.07. The number of ether oxygens (including phenoxy) is 1. The quantitative estimate of drug-likeness (QED) is 0.361. The minimum Gasteiger partial charge on any atom is -0.462 e. The Morgan fingerprint density at radius 1 is 1.41 bits per heavy atom. The van der Waals surface area contributed by atoms with Crippen molar-refractivity contribution in [1.29, 1.82) is 0 Å². The molecule has 3 aromatic rings. The zero-order valence-electron chi connectivity index (χ0n) is 15.7. The van der Waals surface area contributed by atoms with Crippen molar-refractivity contribution in [3.05, 3.63) is 66.1 Å². The molecular weight excluding hydrogens is 418 g/mol. The number of H-pyrrole nitrogens is 1. The van der Waals surface area contributed by atoms with Crippen LogP contribution in [0.2, 0.25) is 0 Å². The number of nitro groups is 1. The van der Waals surface area contributed by atoms with Gasteiger partial charge in [-0.1, -0.05) is 23.7 Å². The molecule has 8 nitrogen and oxygen atoms in total. The summed E-state index contributed by atoms with van der Waals surface area (Å²) in [5.41, 5.74) is 1.04. The highest BCUT2D eigenvalue weighted by Crippen LogP contribution is 2.30. The van der Waals surface area contributed by atoms with Crippen molar-refractivity contribution >= 4 is 55.9 Å². The first-order valence-electron chi connectivity index (χ1n) is 8.56. The molecule has 0 fully saturated rings. The molecule has 2 heterocycles. The van der Waals surface area contributed by atoms with Gasteiger partial charge < -0.3 is 9.72 Å². The van der Waals surface area contributed by atoms with Gasteiger partial charge in [-0.05, 0) is 38.0 Å². The number of carbonyl (C=O) groups excluding carboxylic acids is 1. The molecule has 1 N–H and O–H groups in total. The topological polar surface area (TPSA) is 115 Å². The molecule has 0 radical (unpaired) electrons. The van der Waals surface area contributed by atoms with Gasteiger partial charge in [0, 0.05) is 11.6 Å². The molecule has 150 valence electrons. The Bertz CT molecular complexity index is 1230. The highest BCUT2D eigenvalue weighted by Gasteiger charge is 2.20. The Morgan fingerprint density at radius 2 is 2.14 bits per heavy atom. The predicted molar refractivity (Wildman–Crippen MR) is 112 cm³/mol. The summed E-state index contributed by atoms with van der Waals surface area (Å²) in [5.74, 6) is -0.411. The van der Waals surface area contributed by atoms with E-state index in [1.165, 1.54) is 12.1 Å². The molecule has 0 aliphatic heterocycles. The lowest BCUT2D eigenvalue weighted by molar-refractivity contribution is -0.385. The van der Waals surface area contributed by atoms with E-state index >= 15 is 0 Å². The summed E-state index contributed by atoms with van der Waals surface area (Å²) in [6.07, 6.45) is 1.48. The van der Waals surface area contributed by atoms with E-state index in [0.29, 0.717) is 31.8 Å². The number of fused-ring (bicyclic) bond motifs is 1. The molecule has 0 aliphatic rings. The maximum atomic E-state index is 12.5. The Hall–Kier alpha value is -3.04. The van der Waals surface area contributed by atoms with Crippen molar-refractivity contribution in [3.8, 4) is 0 Å². The molecule has 0 unspecified atom stereocenters. The van der Waals surface area contributed by atoms with Crippen LogP contribution in [0, 0.1) is 24.0 Å². The van der Waals surface area contributed by atoms with Gasteiger partial charge in [-0.3, -0.25) is 14.9 Å². The number of nitrogens with one attached hydrogen (secondary N) is 1. The number of benzene rings is 1. The molecule has 0 atom stereocenters. The monoisotopic (exact) mass is 433 g/mol. The van der Waals surface area contributed by atoms with Crippen LogP contribution in [0.4, 0.5) is 5.69 Å². The highest BCUT2D eigenvalue weighted by molar-refractivity contribution is 7.20. The van der Waals surface area contributed by atoms with E-state index in [0.717, 1.165) is 11.3 Å². The Morgan fingerprint density at radius 3 is 2.79 bits per heavy atom. The fourth-order valence-electron chi connectivity index (χ4n) is 2.78. The van der Waals surface area contributed by atoms with Crippen molar-refractivity contribution in [3.63, 3.8) is 0 Å². The van der Waals surface area contributed by atoms with E-state index in [9.17, 15) is 19.7 Å². The van der Waals surface area contributed by atoms with E-state index < -0.39 is 16.5 Å². The second kappa shape index (κ2) is 8.14.